The van der Waals surface area contributed by atoms with Crippen molar-refractivity contribution in [3.05, 3.63) is 376 Å². The molecule has 20 aromatic rings. The summed E-state index contributed by atoms with van der Waals surface area (Å²) >= 11 is 0. The van der Waals surface area contributed by atoms with E-state index in [1.165, 1.54) is 32.3 Å². The van der Waals surface area contributed by atoms with Gasteiger partial charge < -0.3 is 33.0 Å². The van der Waals surface area contributed by atoms with Crippen LogP contribution in [0.15, 0.2) is 376 Å². The normalized spacial score (nSPS) is 12.8. The van der Waals surface area contributed by atoms with Crippen LogP contribution in [-0.2, 0) is 0 Å². The molecule has 110 heavy (non-hydrogen) atoms. The lowest BCUT2D eigenvalue weighted by molar-refractivity contribution is 0.486. The first kappa shape index (κ1) is 60.6. The van der Waals surface area contributed by atoms with Gasteiger partial charge in [0, 0.05) is 111 Å². The highest BCUT2D eigenvalue weighted by Gasteiger charge is 2.48. The fourth-order valence-corrected chi connectivity index (χ4v) is 19.0. The first-order valence-corrected chi connectivity index (χ1v) is 37.8. The summed E-state index contributed by atoms with van der Waals surface area (Å²) in [5, 5.41) is 7.10. The first-order chi connectivity index (χ1) is 54.6. The first-order valence-electron chi connectivity index (χ1n) is 37.8. The summed E-state index contributed by atoms with van der Waals surface area (Å²) < 4.78 is 22.8. The summed E-state index contributed by atoms with van der Waals surface area (Å²) in [5.41, 5.74) is 31.8. The van der Waals surface area contributed by atoms with Gasteiger partial charge in [-0.2, -0.15) is 0 Å². The Labute approximate surface area is 634 Å². The monoisotopic (exact) mass is 1400 g/mol. The molecule has 0 radical (unpaired) electrons. The number of fused-ring (bicyclic) bond motifs is 25. The van der Waals surface area contributed by atoms with E-state index in [0.717, 1.165) is 190 Å². The second kappa shape index (κ2) is 23.5. The van der Waals surface area contributed by atoms with Gasteiger partial charge in [-0.15, -0.1) is 0 Å². The SMILES string of the molecule is c1ccc(-c2ccc3c(c2)-c2ccccc2Oc2ccccc2-c2cc(-n4c5ccccc5c5ccccc54)cc4c2N3c2cc(-n3c5ccccc5c5ccccc53)cc3c2B4c2cc(-n4c5ccccc5c5ccccc54)cc4c2N3c2ccc(-c3ccccc3)cc2-c2ccccc2Oc2ccccc2-4)cc1. The third-order valence-corrected chi connectivity index (χ3v) is 23.6. The van der Waals surface area contributed by atoms with Gasteiger partial charge in [-0.05, 0) is 160 Å². The number of hydrogen-bond acceptors (Lipinski definition) is 4. The largest absolute Gasteiger partial charge is 0.456 e. The van der Waals surface area contributed by atoms with Crippen molar-refractivity contribution in [2.75, 3.05) is 9.80 Å². The minimum absolute atomic E-state index is 0.478. The molecule has 0 aliphatic carbocycles. The lowest BCUT2D eigenvalue weighted by atomic mass is 9.33. The number of benzene rings is 17. The maximum absolute atomic E-state index is 7.64. The van der Waals surface area contributed by atoms with E-state index in [4.69, 9.17) is 9.47 Å². The number of aromatic nitrogens is 3. The molecule has 4 aliphatic heterocycles. The molecule has 8 heteroatoms. The van der Waals surface area contributed by atoms with Gasteiger partial charge >= 0.3 is 0 Å². The third-order valence-electron chi connectivity index (χ3n) is 23.6. The molecular formula is C102H62BN5O2. The van der Waals surface area contributed by atoms with E-state index in [1.807, 2.05) is 0 Å². The van der Waals surface area contributed by atoms with Gasteiger partial charge in [0.05, 0.1) is 50.2 Å². The van der Waals surface area contributed by atoms with Gasteiger partial charge in [0.15, 0.2) is 0 Å². The summed E-state index contributed by atoms with van der Waals surface area (Å²) in [6.45, 7) is -0.478. The van der Waals surface area contributed by atoms with Crippen molar-refractivity contribution in [2.24, 2.45) is 0 Å². The highest BCUT2D eigenvalue weighted by atomic mass is 16.5. The summed E-state index contributed by atoms with van der Waals surface area (Å²) in [7, 11) is 0. The topological polar surface area (TPSA) is 39.7 Å². The summed E-state index contributed by atoms with van der Waals surface area (Å²) in [5.74, 6) is 3.01. The van der Waals surface area contributed by atoms with Gasteiger partial charge in [-0.3, -0.25) is 0 Å². The second-order valence-corrected chi connectivity index (χ2v) is 29.4. The van der Waals surface area contributed by atoms with Crippen molar-refractivity contribution in [1.82, 2.24) is 13.7 Å². The standard InChI is InChI=1S/C102H62BN5O2/c1-3-27-63(28-4-1)65-51-53-92-80(55-65)76-37-13-23-47-96(76)109-98-49-25-15-39-78(98)82-57-67(104-86-41-17-7-31-70(86)71-32-8-18-42-87(71)104)59-84-101(82)107(92)94-61-69(106-90-45-21-11-35-74(90)75-36-12-22-46-91(75)106)62-95-100(94)103(84)85-60-68(105-88-43-19-9-33-72(88)73-34-10-20-44-89(73)105)58-83-79-40-16-26-50-99(79)110-97-48-24-14-38-77(97)81-56-66(64-29-5-2-6-30-64)52-54-93(81)108(95)102(83)85/h1-62H. The number of anilines is 6. The highest BCUT2D eigenvalue weighted by molar-refractivity contribution is 7.00. The van der Waals surface area contributed by atoms with Crippen LogP contribution in [0.2, 0.25) is 0 Å². The maximum atomic E-state index is 7.64. The Balaban J connectivity index is 0.941. The van der Waals surface area contributed by atoms with Gasteiger partial charge in [-0.25, -0.2) is 0 Å². The molecule has 17 aromatic carbocycles. The quantitative estimate of drug-likeness (QED) is 0.161. The van der Waals surface area contributed by atoms with Crippen molar-refractivity contribution < 1.29 is 9.47 Å². The van der Waals surface area contributed by atoms with E-state index < -0.39 is 6.71 Å². The van der Waals surface area contributed by atoms with Crippen molar-refractivity contribution in [2.45, 2.75) is 0 Å². The minimum Gasteiger partial charge on any atom is -0.456 e. The predicted octanol–water partition coefficient (Wildman–Crippen LogP) is 25.3. The maximum Gasteiger partial charge on any atom is 0.252 e. The zero-order valence-electron chi connectivity index (χ0n) is 59.4. The lowest BCUT2D eigenvalue weighted by Crippen LogP contribution is -2.62. The van der Waals surface area contributed by atoms with Gasteiger partial charge in [0.1, 0.15) is 23.0 Å². The molecule has 0 fully saturated rings. The number of rotatable bonds is 5. The molecule has 0 unspecified atom stereocenters. The Morgan fingerprint density at radius 1 is 0.200 bits per heavy atom. The summed E-state index contributed by atoms with van der Waals surface area (Å²) in [4.78, 5) is 5.36. The van der Waals surface area contributed by atoms with Crippen LogP contribution in [0.5, 0.6) is 23.0 Å². The fourth-order valence-electron chi connectivity index (χ4n) is 19.0. The van der Waals surface area contributed by atoms with Gasteiger partial charge in [0.2, 0.25) is 0 Å². The molecule has 24 rings (SSSR count). The number of nitrogens with zero attached hydrogens (tertiary/aromatic N) is 5. The number of hydrogen-bond donors (Lipinski definition) is 0. The third kappa shape index (κ3) is 8.78. The Morgan fingerprint density at radius 3 is 0.818 bits per heavy atom. The van der Waals surface area contributed by atoms with E-state index in [-0.39, 0.29) is 0 Å². The highest BCUT2D eigenvalue weighted by Crippen LogP contribution is 2.58. The smallest absolute Gasteiger partial charge is 0.252 e. The molecule has 7 nitrogen and oxygen atoms in total. The number of ether oxygens (including phenoxy) is 2. The predicted molar refractivity (Wildman–Crippen MR) is 456 cm³/mol. The van der Waals surface area contributed by atoms with Crippen LogP contribution in [0.1, 0.15) is 0 Å². The molecule has 0 bridgehead atoms. The second-order valence-electron chi connectivity index (χ2n) is 29.4. The van der Waals surface area contributed by atoms with Crippen molar-refractivity contribution in [1.29, 1.82) is 0 Å². The fraction of sp³-hybridized carbons (Fsp3) is 0. The van der Waals surface area contributed by atoms with Crippen LogP contribution in [0.3, 0.4) is 0 Å². The van der Waals surface area contributed by atoms with E-state index in [9.17, 15) is 0 Å². The van der Waals surface area contributed by atoms with Gasteiger partial charge in [0.25, 0.3) is 6.71 Å². The average molecular weight is 1400 g/mol. The van der Waals surface area contributed by atoms with Crippen LogP contribution >= 0.6 is 0 Å². The Bertz CT molecular complexity index is 6800. The van der Waals surface area contributed by atoms with E-state index in [2.05, 4.69) is 400 Å². The van der Waals surface area contributed by atoms with Crippen LogP contribution in [0.25, 0.3) is 149 Å². The van der Waals surface area contributed by atoms with Gasteiger partial charge in [-0.1, -0.05) is 255 Å². The summed E-state index contributed by atoms with van der Waals surface area (Å²) in [6.07, 6.45) is 0. The zero-order chi connectivity index (χ0) is 71.8. The molecule has 4 aliphatic rings. The van der Waals surface area contributed by atoms with Crippen LogP contribution in [0.4, 0.5) is 34.1 Å². The van der Waals surface area contributed by atoms with Crippen LogP contribution in [0, 0.1) is 0 Å². The van der Waals surface area contributed by atoms with Crippen molar-refractivity contribution in [3.63, 3.8) is 0 Å². The molecular weight excluding hydrogens is 1340 g/mol. The molecule has 0 saturated carbocycles. The Kier molecular flexibility index (Phi) is 12.9. The van der Waals surface area contributed by atoms with Crippen LogP contribution < -0.4 is 35.7 Å². The molecule has 0 atom stereocenters. The van der Waals surface area contributed by atoms with Crippen molar-refractivity contribution in [3.8, 4) is 107 Å². The average Bonchev–Trinajstić information content (AvgIpc) is 0.751. The number of para-hydroxylation sites is 10. The Hall–Kier alpha value is -14.6. The molecule has 7 heterocycles. The minimum atomic E-state index is -0.478. The van der Waals surface area contributed by atoms with E-state index in [1.54, 1.807) is 0 Å². The Morgan fingerprint density at radius 2 is 0.482 bits per heavy atom. The molecule has 0 saturated heterocycles. The van der Waals surface area contributed by atoms with E-state index >= 15 is 0 Å². The molecule has 510 valence electrons. The van der Waals surface area contributed by atoms with Crippen molar-refractivity contribution >= 4 is 123 Å². The van der Waals surface area contributed by atoms with E-state index in [0.29, 0.717) is 0 Å². The molecule has 0 amide bonds. The molecule has 3 aromatic heterocycles. The zero-order valence-corrected chi connectivity index (χ0v) is 59.4. The summed E-state index contributed by atoms with van der Waals surface area (Å²) in [6, 6.07) is 139. The molecule has 0 N–H and O–H groups in total. The lowest BCUT2D eigenvalue weighted by Gasteiger charge is -2.47. The molecule has 0 spiro atoms. The van der Waals surface area contributed by atoms with Crippen LogP contribution in [-0.4, -0.2) is 20.4 Å².